The molecule has 0 aliphatic carbocycles. The van der Waals surface area contributed by atoms with Gasteiger partial charge in [0.15, 0.2) is 0 Å². The fourth-order valence-corrected chi connectivity index (χ4v) is 2.34. The summed E-state index contributed by atoms with van der Waals surface area (Å²) in [5.74, 6) is 0. The second-order valence-corrected chi connectivity index (χ2v) is 4.86. The summed E-state index contributed by atoms with van der Waals surface area (Å²) in [7, 11) is 0. The van der Waals surface area contributed by atoms with Crippen molar-refractivity contribution in [1.82, 2.24) is 20.0 Å². The summed E-state index contributed by atoms with van der Waals surface area (Å²) >= 11 is 0. The van der Waals surface area contributed by atoms with Crippen LogP contribution < -0.4 is 0 Å². The van der Waals surface area contributed by atoms with E-state index in [-0.39, 0.29) is 6.61 Å². The third-order valence-corrected chi connectivity index (χ3v) is 3.49. The van der Waals surface area contributed by atoms with E-state index in [9.17, 15) is 5.11 Å². The Kier molecular flexibility index (Phi) is 3.75. The normalized spacial score (nSPS) is 10.8. The topological polar surface area (TPSA) is 63.8 Å². The molecule has 2 heterocycles. The number of nitrogens with zero attached hydrogens (tertiary/aromatic N) is 4. The molecular formula is C16H16N4O. The van der Waals surface area contributed by atoms with Gasteiger partial charge in [0.25, 0.3) is 0 Å². The third-order valence-electron chi connectivity index (χ3n) is 3.49. The van der Waals surface area contributed by atoms with Crippen molar-refractivity contribution in [3.8, 4) is 11.3 Å². The highest BCUT2D eigenvalue weighted by atomic mass is 16.3. The lowest BCUT2D eigenvalue weighted by Crippen LogP contribution is -2.06. The predicted octanol–water partition coefficient (Wildman–Crippen LogP) is 2.19. The van der Waals surface area contributed by atoms with E-state index >= 15 is 0 Å². The average molecular weight is 280 g/mol. The maximum Gasteiger partial charge on any atom is 0.116 e. The van der Waals surface area contributed by atoms with Gasteiger partial charge < -0.3 is 5.11 Å². The van der Waals surface area contributed by atoms with Gasteiger partial charge >= 0.3 is 0 Å². The van der Waals surface area contributed by atoms with Gasteiger partial charge in [0.2, 0.25) is 0 Å². The number of aliphatic hydroxyl groups excluding tert-OH is 1. The zero-order valence-electron chi connectivity index (χ0n) is 11.8. The van der Waals surface area contributed by atoms with Crippen molar-refractivity contribution in [2.75, 3.05) is 0 Å². The summed E-state index contributed by atoms with van der Waals surface area (Å²) in [5.41, 5.74) is 4.76. The Labute approximate surface area is 122 Å². The lowest BCUT2D eigenvalue weighted by Gasteiger charge is -2.09. The molecule has 0 saturated heterocycles. The zero-order chi connectivity index (χ0) is 14.7. The fourth-order valence-electron chi connectivity index (χ4n) is 2.34. The van der Waals surface area contributed by atoms with Crippen molar-refractivity contribution in [2.45, 2.75) is 20.1 Å². The summed E-state index contributed by atoms with van der Waals surface area (Å²) in [5, 5.41) is 17.7. The van der Waals surface area contributed by atoms with Gasteiger partial charge in [-0.1, -0.05) is 29.5 Å². The van der Waals surface area contributed by atoms with Gasteiger partial charge in [-0.15, -0.1) is 5.10 Å². The van der Waals surface area contributed by atoms with Crippen LogP contribution in [0, 0.1) is 6.92 Å². The van der Waals surface area contributed by atoms with Crippen molar-refractivity contribution < 1.29 is 5.11 Å². The molecule has 2 aromatic heterocycles. The monoisotopic (exact) mass is 280 g/mol. The van der Waals surface area contributed by atoms with Crippen molar-refractivity contribution in [3.05, 3.63) is 65.6 Å². The van der Waals surface area contributed by atoms with Gasteiger partial charge in [0, 0.05) is 18.0 Å². The Bertz CT molecular complexity index is 737. The van der Waals surface area contributed by atoms with Gasteiger partial charge in [0.1, 0.15) is 5.69 Å². The molecule has 0 bridgehead atoms. The number of rotatable bonds is 4. The smallest absolute Gasteiger partial charge is 0.116 e. The number of hydrogen-bond donors (Lipinski definition) is 1. The summed E-state index contributed by atoms with van der Waals surface area (Å²) < 4.78 is 1.82. The maximum absolute atomic E-state index is 9.48. The molecule has 0 unspecified atom stereocenters. The SMILES string of the molecule is Cc1ccccc1Cn1nnc(CO)c1-c1ccncc1. The van der Waals surface area contributed by atoms with Gasteiger partial charge in [0.05, 0.1) is 18.8 Å². The molecule has 1 aromatic carbocycles. The largest absolute Gasteiger partial charge is 0.390 e. The standard InChI is InChI=1S/C16H16N4O/c1-12-4-2-3-5-14(12)10-20-16(15(11-21)18-19-20)13-6-8-17-9-7-13/h2-9,21H,10-11H2,1H3. The Balaban J connectivity index is 2.04. The lowest BCUT2D eigenvalue weighted by atomic mass is 10.1. The number of aliphatic hydroxyl groups is 1. The molecular weight excluding hydrogens is 264 g/mol. The minimum atomic E-state index is -0.134. The van der Waals surface area contributed by atoms with Gasteiger partial charge in [-0.25, -0.2) is 4.68 Å². The Morgan fingerprint density at radius 3 is 2.57 bits per heavy atom. The van der Waals surface area contributed by atoms with Crippen LogP contribution in [0.15, 0.2) is 48.8 Å². The second kappa shape index (κ2) is 5.85. The van der Waals surface area contributed by atoms with Crippen LogP contribution >= 0.6 is 0 Å². The van der Waals surface area contributed by atoms with Crippen molar-refractivity contribution in [2.24, 2.45) is 0 Å². The molecule has 106 valence electrons. The van der Waals surface area contributed by atoms with E-state index in [0.717, 1.165) is 11.3 Å². The van der Waals surface area contributed by atoms with Gasteiger partial charge in [-0.3, -0.25) is 4.98 Å². The van der Waals surface area contributed by atoms with Crippen LogP contribution in [-0.4, -0.2) is 25.1 Å². The highest BCUT2D eigenvalue weighted by Crippen LogP contribution is 2.23. The molecule has 3 aromatic rings. The predicted molar refractivity (Wildman–Crippen MR) is 79.5 cm³/mol. The first-order valence-corrected chi connectivity index (χ1v) is 6.77. The van der Waals surface area contributed by atoms with Crippen LogP contribution in [0.1, 0.15) is 16.8 Å². The molecule has 0 saturated carbocycles. The molecule has 3 rings (SSSR count). The van der Waals surface area contributed by atoms with E-state index in [4.69, 9.17) is 0 Å². The molecule has 21 heavy (non-hydrogen) atoms. The number of aromatic nitrogens is 4. The zero-order valence-corrected chi connectivity index (χ0v) is 11.8. The van der Waals surface area contributed by atoms with Crippen LogP contribution in [0.3, 0.4) is 0 Å². The molecule has 0 aliphatic rings. The molecule has 5 nitrogen and oxygen atoms in total. The third kappa shape index (κ3) is 2.68. The van der Waals surface area contributed by atoms with Crippen LogP contribution in [0.25, 0.3) is 11.3 Å². The summed E-state index contributed by atoms with van der Waals surface area (Å²) in [6.45, 7) is 2.56. The minimum Gasteiger partial charge on any atom is -0.390 e. The molecule has 0 spiro atoms. The summed E-state index contributed by atoms with van der Waals surface area (Å²) in [4.78, 5) is 4.03. The van der Waals surface area contributed by atoms with Gasteiger partial charge in [-0.2, -0.15) is 0 Å². The first-order chi connectivity index (χ1) is 10.3. The van der Waals surface area contributed by atoms with Crippen LogP contribution in [-0.2, 0) is 13.2 Å². The second-order valence-electron chi connectivity index (χ2n) is 4.86. The maximum atomic E-state index is 9.48. The van der Waals surface area contributed by atoms with E-state index in [2.05, 4.69) is 34.4 Å². The van der Waals surface area contributed by atoms with Crippen molar-refractivity contribution >= 4 is 0 Å². The highest BCUT2D eigenvalue weighted by Gasteiger charge is 2.14. The number of benzene rings is 1. The summed E-state index contributed by atoms with van der Waals surface area (Å²) in [6.07, 6.45) is 3.45. The first kappa shape index (κ1) is 13.5. The number of hydrogen-bond acceptors (Lipinski definition) is 4. The van der Waals surface area contributed by atoms with E-state index in [1.165, 1.54) is 11.1 Å². The number of aryl methyl sites for hydroxylation is 1. The molecule has 0 atom stereocenters. The Morgan fingerprint density at radius 2 is 1.86 bits per heavy atom. The first-order valence-electron chi connectivity index (χ1n) is 6.77. The van der Waals surface area contributed by atoms with Crippen LogP contribution in [0.4, 0.5) is 0 Å². The van der Waals surface area contributed by atoms with E-state index < -0.39 is 0 Å². The van der Waals surface area contributed by atoms with Crippen LogP contribution in [0.5, 0.6) is 0 Å². The average Bonchev–Trinajstić information content (AvgIpc) is 2.93. The quantitative estimate of drug-likeness (QED) is 0.795. The van der Waals surface area contributed by atoms with E-state index in [0.29, 0.717) is 12.2 Å². The Hall–Kier alpha value is -2.53. The molecule has 5 heteroatoms. The van der Waals surface area contributed by atoms with Crippen molar-refractivity contribution in [1.29, 1.82) is 0 Å². The number of pyridine rings is 1. The molecule has 0 radical (unpaired) electrons. The molecule has 1 N–H and O–H groups in total. The van der Waals surface area contributed by atoms with Gasteiger partial charge in [-0.05, 0) is 30.2 Å². The summed E-state index contributed by atoms with van der Waals surface area (Å²) in [6, 6.07) is 12.0. The highest BCUT2D eigenvalue weighted by molar-refractivity contribution is 5.61. The molecule has 0 amide bonds. The van der Waals surface area contributed by atoms with E-state index in [1.807, 2.05) is 28.9 Å². The lowest BCUT2D eigenvalue weighted by molar-refractivity contribution is 0.277. The van der Waals surface area contributed by atoms with Crippen molar-refractivity contribution in [3.63, 3.8) is 0 Å². The van der Waals surface area contributed by atoms with Crippen LogP contribution in [0.2, 0.25) is 0 Å². The molecule has 0 fully saturated rings. The van der Waals surface area contributed by atoms with E-state index in [1.54, 1.807) is 12.4 Å². The minimum absolute atomic E-state index is 0.134. The Morgan fingerprint density at radius 1 is 1.10 bits per heavy atom. The molecule has 0 aliphatic heterocycles. The fraction of sp³-hybridized carbons (Fsp3) is 0.188.